The van der Waals surface area contributed by atoms with Gasteiger partial charge in [-0.3, -0.25) is 9.69 Å². The van der Waals surface area contributed by atoms with Crippen molar-refractivity contribution < 1.29 is 13.9 Å². The third-order valence-electron chi connectivity index (χ3n) is 5.18. The minimum Gasteiger partial charge on any atom is -0.497 e. The lowest BCUT2D eigenvalue weighted by atomic mass is 9.95. The molecule has 0 unspecified atom stereocenters. The summed E-state index contributed by atoms with van der Waals surface area (Å²) >= 11 is 0. The number of hydrogen-bond donors (Lipinski definition) is 1. The molecule has 1 N–H and O–H groups in total. The molecule has 0 aromatic heterocycles. The van der Waals surface area contributed by atoms with E-state index in [1.54, 1.807) is 13.2 Å². The Kier molecular flexibility index (Phi) is 6.82. The number of piperidine rings is 1. The number of benzene rings is 2. The molecule has 2 aromatic carbocycles. The van der Waals surface area contributed by atoms with Crippen LogP contribution in [0.1, 0.15) is 24.0 Å². The lowest BCUT2D eigenvalue weighted by molar-refractivity contribution is -0.126. The van der Waals surface area contributed by atoms with Crippen molar-refractivity contribution in [3.05, 3.63) is 65.5 Å². The number of amides is 1. The van der Waals surface area contributed by atoms with Crippen molar-refractivity contribution in [1.82, 2.24) is 10.2 Å². The maximum Gasteiger partial charge on any atom is 0.223 e. The van der Waals surface area contributed by atoms with Crippen LogP contribution in [0.15, 0.2) is 48.5 Å². The number of nitrogens with zero attached hydrogens (tertiary/aromatic N) is 1. The Labute approximate surface area is 160 Å². The highest BCUT2D eigenvalue weighted by molar-refractivity contribution is 5.78. The van der Waals surface area contributed by atoms with Crippen molar-refractivity contribution in [3.63, 3.8) is 0 Å². The van der Waals surface area contributed by atoms with Crippen molar-refractivity contribution in [1.29, 1.82) is 0 Å². The van der Waals surface area contributed by atoms with Gasteiger partial charge in [0.2, 0.25) is 5.91 Å². The maximum absolute atomic E-state index is 13.8. The third kappa shape index (κ3) is 5.54. The predicted molar refractivity (Wildman–Crippen MR) is 104 cm³/mol. The second-order valence-electron chi connectivity index (χ2n) is 7.03. The van der Waals surface area contributed by atoms with Crippen LogP contribution in [0.25, 0.3) is 0 Å². The second-order valence-corrected chi connectivity index (χ2v) is 7.03. The van der Waals surface area contributed by atoms with Crippen LogP contribution in [0.2, 0.25) is 0 Å². The summed E-state index contributed by atoms with van der Waals surface area (Å²) in [7, 11) is 1.65. The van der Waals surface area contributed by atoms with Gasteiger partial charge in [-0.2, -0.15) is 0 Å². The van der Waals surface area contributed by atoms with Crippen molar-refractivity contribution in [3.8, 4) is 5.75 Å². The summed E-state index contributed by atoms with van der Waals surface area (Å²) in [6.07, 6.45) is 2.45. The Morgan fingerprint density at radius 1 is 1.15 bits per heavy atom. The number of ether oxygens (including phenoxy) is 1. The van der Waals surface area contributed by atoms with Gasteiger partial charge in [-0.15, -0.1) is 0 Å². The monoisotopic (exact) mass is 370 g/mol. The first-order valence-corrected chi connectivity index (χ1v) is 9.52. The van der Waals surface area contributed by atoms with Crippen molar-refractivity contribution in [2.45, 2.75) is 25.8 Å². The molecule has 1 amide bonds. The van der Waals surface area contributed by atoms with E-state index in [0.717, 1.165) is 43.7 Å². The minimum absolute atomic E-state index is 0.0535. The number of carbonyl (C=O) groups is 1. The van der Waals surface area contributed by atoms with Crippen molar-refractivity contribution >= 4 is 5.91 Å². The number of rotatable bonds is 7. The number of likely N-dealkylation sites (tertiary alicyclic amines) is 1. The molecule has 5 heteroatoms. The van der Waals surface area contributed by atoms with Gasteiger partial charge in [-0.25, -0.2) is 4.39 Å². The number of hydrogen-bond acceptors (Lipinski definition) is 3. The molecule has 2 aromatic rings. The minimum atomic E-state index is -0.157. The average Bonchev–Trinajstić information content (AvgIpc) is 2.71. The summed E-state index contributed by atoms with van der Waals surface area (Å²) in [5.41, 5.74) is 1.90. The van der Waals surface area contributed by atoms with Gasteiger partial charge in [-0.05, 0) is 56.1 Å². The summed E-state index contributed by atoms with van der Waals surface area (Å²) < 4.78 is 18.9. The second kappa shape index (κ2) is 9.51. The summed E-state index contributed by atoms with van der Waals surface area (Å²) in [6.45, 7) is 2.90. The zero-order valence-corrected chi connectivity index (χ0v) is 15.8. The molecule has 4 nitrogen and oxygen atoms in total. The highest BCUT2D eigenvalue weighted by Gasteiger charge is 2.25. The first-order chi connectivity index (χ1) is 13.2. The van der Waals surface area contributed by atoms with Gasteiger partial charge < -0.3 is 10.1 Å². The van der Waals surface area contributed by atoms with Crippen LogP contribution in [0, 0.1) is 11.7 Å². The molecule has 0 radical (unpaired) electrons. The van der Waals surface area contributed by atoms with Crippen LogP contribution >= 0.6 is 0 Å². The lowest BCUT2D eigenvalue weighted by Gasteiger charge is -2.31. The largest absolute Gasteiger partial charge is 0.497 e. The fourth-order valence-corrected chi connectivity index (χ4v) is 3.49. The molecule has 0 aliphatic carbocycles. The van der Waals surface area contributed by atoms with Gasteiger partial charge in [0.15, 0.2) is 0 Å². The summed E-state index contributed by atoms with van der Waals surface area (Å²) in [5, 5.41) is 3.05. The predicted octanol–water partition coefficient (Wildman–Crippen LogP) is 3.41. The van der Waals surface area contributed by atoms with Crippen LogP contribution in [0.5, 0.6) is 5.75 Å². The van der Waals surface area contributed by atoms with Gasteiger partial charge in [0.05, 0.1) is 7.11 Å². The van der Waals surface area contributed by atoms with Gasteiger partial charge in [-0.1, -0.05) is 30.3 Å². The fourth-order valence-electron chi connectivity index (χ4n) is 3.49. The third-order valence-corrected chi connectivity index (χ3v) is 5.18. The molecule has 1 fully saturated rings. The molecular formula is C22H27FN2O2. The Morgan fingerprint density at radius 3 is 2.52 bits per heavy atom. The normalized spacial score (nSPS) is 15.5. The molecule has 0 atom stereocenters. The standard InChI is InChI=1S/C22H27FN2O2/c1-27-20-8-6-17(7-9-20)10-13-24-22(26)18-11-14-25(15-12-18)16-19-4-2-3-5-21(19)23/h2-9,18H,10-16H2,1H3,(H,24,26). The first kappa shape index (κ1) is 19.4. The van der Waals surface area contributed by atoms with Crippen LogP contribution in [0.3, 0.4) is 0 Å². The molecule has 0 spiro atoms. The summed E-state index contributed by atoms with van der Waals surface area (Å²) in [5.74, 6) is 0.868. The molecule has 1 aliphatic heterocycles. The molecule has 1 heterocycles. The van der Waals surface area contributed by atoms with Crippen molar-refractivity contribution in [2.75, 3.05) is 26.7 Å². The fraction of sp³-hybridized carbons (Fsp3) is 0.409. The number of nitrogens with one attached hydrogen (secondary N) is 1. The maximum atomic E-state index is 13.8. The van der Waals surface area contributed by atoms with E-state index in [1.807, 2.05) is 36.4 Å². The number of carbonyl (C=O) groups excluding carboxylic acids is 1. The smallest absolute Gasteiger partial charge is 0.223 e. The quantitative estimate of drug-likeness (QED) is 0.812. The van der Waals surface area contributed by atoms with Gasteiger partial charge in [0, 0.05) is 24.6 Å². The van der Waals surface area contributed by atoms with E-state index < -0.39 is 0 Å². The number of methoxy groups -OCH3 is 1. The molecule has 1 aliphatic rings. The van der Waals surface area contributed by atoms with Crippen LogP contribution in [0.4, 0.5) is 4.39 Å². The van der Waals surface area contributed by atoms with E-state index in [0.29, 0.717) is 13.1 Å². The van der Waals surface area contributed by atoms with Crippen LogP contribution < -0.4 is 10.1 Å². The Bertz CT molecular complexity index is 740. The molecule has 3 rings (SSSR count). The Morgan fingerprint density at radius 2 is 1.85 bits per heavy atom. The Hall–Kier alpha value is -2.40. The highest BCUT2D eigenvalue weighted by Crippen LogP contribution is 2.20. The Balaban J connectivity index is 1.38. The van der Waals surface area contributed by atoms with Crippen LogP contribution in [-0.2, 0) is 17.8 Å². The SMILES string of the molecule is COc1ccc(CCNC(=O)C2CCN(Cc3ccccc3F)CC2)cc1. The van der Waals surface area contributed by atoms with E-state index in [1.165, 1.54) is 11.6 Å². The molecular weight excluding hydrogens is 343 g/mol. The van der Waals surface area contributed by atoms with Gasteiger partial charge in [0.1, 0.15) is 11.6 Å². The molecule has 1 saturated heterocycles. The molecule has 0 saturated carbocycles. The van der Waals surface area contributed by atoms with E-state index in [9.17, 15) is 9.18 Å². The van der Waals surface area contributed by atoms with E-state index >= 15 is 0 Å². The van der Waals surface area contributed by atoms with E-state index in [-0.39, 0.29) is 17.6 Å². The van der Waals surface area contributed by atoms with E-state index in [4.69, 9.17) is 4.74 Å². The van der Waals surface area contributed by atoms with Crippen LogP contribution in [-0.4, -0.2) is 37.6 Å². The topological polar surface area (TPSA) is 41.6 Å². The average molecular weight is 370 g/mol. The summed E-state index contributed by atoms with van der Waals surface area (Å²) in [4.78, 5) is 14.6. The molecule has 144 valence electrons. The molecule has 0 bridgehead atoms. The molecule has 27 heavy (non-hydrogen) atoms. The van der Waals surface area contributed by atoms with Gasteiger partial charge >= 0.3 is 0 Å². The zero-order chi connectivity index (χ0) is 19.1. The lowest BCUT2D eigenvalue weighted by Crippen LogP contribution is -2.40. The van der Waals surface area contributed by atoms with E-state index in [2.05, 4.69) is 10.2 Å². The zero-order valence-electron chi connectivity index (χ0n) is 15.8. The van der Waals surface area contributed by atoms with Crippen molar-refractivity contribution in [2.24, 2.45) is 5.92 Å². The number of halogens is 1. The van der Waals surface area contributed by atoms with Gasteiger partial charge in [0.25, 0.3) is 0 Å². The first-order valence-electron chi connectivity index (χ1n) is 9.52. The highest BCUT2D eigenvalue weighted by atomic mass is 19.1. The summed E-state index contributed by atoms with van der Waals surface area (Å²) in [6, 6.07) is 14.8.